The van der Waals surface area contributed by atoms with Crippen molar-refractivity contribution in [2.75, 3.05) is 23.5 Å². The summed E-state index contributed by atoms with van der Waals surface area (Å²) in [6, 6.07) is 33.7. The minimum atomic E-state index is -1.59. The van der Waals surface area contributed by atoms with E-state index in [1.807, 2.05) is 42.5 Å². The lowest BCUT2D eigenvalue weighted by Gasteiger charge is -2.50. The average molecular weight is 823 g/mol. The normalized spacial score (nSPS) is 24.6. The minimum absolute atomic E-state index is 0.0352. The first-order valence-corrected chi connectivity index (χ1v) is 20.1. The SMILES string of the molecule is O=C1[C@@H]2C[C@@H]3C(=CC[C@@H]4C(=O)N(c5ccc(-c6nc7ccccc7o6)cc5)C(=O)[C@@H]43)[C@H](c3ccccc3OCCO)[C@]2(c2ccc(Cl)cc2)C(=O)N1Nc1ccc(F)cc1. The molecule has 0 bridgehead atoms. The monoisotopic (exact) mass is 822 g/mol. The maximum absolute atomic E-state index is 15.5. The highest BCUT2D eigenvalue weighted by Crippen LogP contribution is 2.65. The molecular weight excluding hydrogens is 787 g/mol. The van der Waals surface area contributed by atoms with E-state index in [0.29, 0.717) is 55.8 Å². The van der Waals surface area contributed by atoms with Gasteiger partial charge in [-0.2, -0.15) is 5.01 Å². The van der Waals surface area contributed by atoms with Crippen molar-refractivity contribution in [3.63, 3.8) is 0 Å². The van der Waals surface area contributed by atoms with Crippen LogP contribution in [0.4, 0.5) is 15.8 Å². The number of ether oxygens (including phenoxy) is 1. The van der Waals surface area contributed by atoms with Crippen LogP contribution in [0.15, 0.2) is 137 Å². The molecule has 2 N–H and O–H groups in total. The van der Waals surface area contributed by atoms with Crippen molar-refractivity contribution in [3.05, 3.63) is 155 Å². The number of hydrogen-bond acceptors (Lipinski definition) is 9. The predicted molar refractivity (Wildman–Crippen MR) is 220 cm³/mol. The summed E-state index contributed by atoms with van der Waals surface area (Å²) in [6.07, 6.45) is 2.25. The second-order valence-electron chi connectivity index (χ2n) is 15.5. The first-order chi connectivity index (χ1) is 29.2. The molecule has 2 aliphatic heterocycles. The number of anilines is 2. The van der Waals surface area contributed by atoms with E-state index >= 15 is 4.79 Å². The van der Waals surface area contributed by atoms with Gasteiger partial charge in [-0.15, -0.1) is 0 Å². The number of carbonyl (C=O) groups excluding carboxylic acids is 4. The quantitative estimate of drug-likeness (QED) is 0.110. The number of aromatic nitrogens is 1. The molecule has 6 atom stereocenters. The molecule has 60 heavy (non-hydrogen) atoms. The number of carbonyl (C=O) groups is 4. The van der Waals surface area contributed by atoms with Crippen LogP contribution in [0, 0.1) is 29.5 Å². The summed E-state index contributed by atoms with van der Waals surface area (Å²) in [5, 5.41) is 11.2. The van der Waals surface area contributed by atoms with Gasteiger partial charge in [0, 0.05) is 22.1 Å². The van der Waals surface area contributed by atoms with E-state index in [0.717, 1.165) is 10.6 Å². The number of oxazole rings is 1. The zero-order valence-electron chi connectivity index (χ0n) is 31.8. The number of halogens is 2. The molecule has 0 radical (unpaired) electrons. The summed E-state index contributed by atoms with van der Waals surface area (Å²) in [5.74, 6) is -5.61. The van der Waals surface area contributed by atoms with Crippen molar-refractivity contribution < 1.29 is 37.8 Å². The van der Waals surface area contributed by atoms with E-state index in [2.05, 4.69) is 10.4 Å². The van der Waals surface area contributed by atoms with Crippen LogP contribution in [-0.2, 0) is 24.6 Å². The molecule has 0 spiro atoms. The fourth-order valence-electron chi connectivity index (χ4n) is 10.0. The molecule has 13 heteroatoms. The number of imide groups is 2. The number of amides is 4. The van der Waals surface area contributed by atoms with Crippen LogP contribution in [0.2, 0.25) is 5.02 Å². The van der Waals surface area contributed by atoms with Crippen molar-refractivity contribution in [2.24, 2.45) is 23.7 Å². The topological polar surface area (TPSA) is 142 Å². The van der Waals surface area contributed by atoms with Gasteiger partial charge in [0.1, 0.15) is 23.7 Å². The third kappa shape index (κ3) is 5.76. The van der Waals surface area contributed by atoms with Gasteiger partial charge in [0.2, 0.25) is 17.7 Å². The van der Waals surface area contributed by atoms with Gasteiger partial charge in [-0.05, 0) is 103 Å². The number of aliphatic hydroxyl groups excluding tert-OH is 1. The molecule has 3 fully saturated rings. The number of aliphatic hydroxyl groups is 1. The van der Waals surface area contributed by atoms with Gasteiger partial charge in [0.05, 0.1) is 41.2 Å². The van der Waals surface area contributed by atoms with Gasteiger partial charge >= 0.3 is 0 Å². The molecular formula is C47H36ClFN4O7. The summed E-state index contributed by atoms with van der Waals surface area (Å²) in [4.78, 5) is 65.5. The van der Waals surface area contributed by atoms with Gasteiger partial charge < -0.3 is 14.3 Å². The highest BCUT2D eigenvalue weighted by atomic mass is 35.5. The van der Waals surface area contributed by atoms with Crippen molar-refractivity contribution in [1.29, 1.82) is 0 Å². The number of hydrazine groups is 1. The number of rotatable bonds is 9. The molecule has 11 nitrogen and oxygen atoms in total. The summed E-state index contributed by atoms with van der Waals surface area (Å²) in [6.45, 7) is -0.305. The lowest BCUT2D eigenvalue weighted by atomic mass is 9.49. The zero-order chi connectivity index (χ0) is 41.3. The van der Waals surface area contributed by atoms with Crippen LogP contribution in [0.3, 0.4) is 0 Å². The van der Waals surface area contributed by atoms with Gasteiger partial charge in [0.25, 0.3) is 11.8 Å². The van der Waals surface area contributed by atoms with E-state index in [9.17, 15) is 23.9 Å². The van der Waals surface area contributed by atoms with Crippen LogP contribution in [-0.4, -0.2) is 51.9 Å². The number of benzene rings is 5. The molecule has 2 aliphatic carbocycles. The number of allylic oxidation sites excluding steroid dienone is 2. The Balaban J connectivity index is 1.09. The molecule has 10 rings (SSSR count). The lowest BCUT2D eigenvalue weighted by Crippen LogP contribution is -2.53. The number of nitrogens with zero attached hydrogens (tertiary/aromatic N) is 3. The average Bonchev–Trinajstić information content (AvgIpc) is 3.88. The Kier molecular flexibility index (Phi) is 9.14. The molecule has 2 saturated heterocycles. The lowest BCUT2D eigenvalue weighted by molar-refractivity contribution is -0.138. The Morgan fingerprint density at radius 1 is 0.850 bits per heavy atom. The number of nitrogens with one attached hydrogen (secondary N) is 1. The van der Waals surface area contributed by atoms with Crippen LogP contribution in [0.25, 0.3) is 22.6 Å². The third-order valence-corrected chi connectivity index (χ3v) is 12.8. The maximum atomic E-state index is 15.5. The predicted octanol–water partition coefficient (Wildman–Crippen LogP) is 7.85. The second-order valence-corrected chi connectivity index (χ2v) is 16.0. The Morgan fingerprint density at radius 3 is 2.33 bits per heavy atom. The molecule has 300 valence electrons. The second kappa shape index (κ2) is 14.6. The van der Waals surface area contributed by atoms with Crippen LogP contribution in [0.5, 0.6) is 5.75 Å². The standard InChI is InChI=1S/C47H36ClFN4O7/c48-28-13-11-27(12-14-28)47-36(44(56)53(46(47)58)51-30-17-15-29(49)16-18-30)25-35-32(41(47)33-5-1-3-7-38(33)59-24-23-54)21-22-34-40(35)45(57)52(43(34)55)31-19-9-26(10-20-31)42-50-37-6-2-4-8-39(37)60-42/h1-21,34-36,40-41,51,54H,22-25H2/t34-,35+,36-,40-,41+,47+/m0/s1. The Bertz CT molecular complexity index is 2700. The van der Waals surface area contributed by atoms with E-state index < -0.39 is 58.5 Å². The summed E-state index contributed by atoms with van der Waals surface area (Å²) < 4.78 is 26.1. The molecule has 6 aromatic rings. The Morgan fingerprint density at radius 2 is 1.58 bits per heavy atom. The van der Waals surface area contributed by atoms with E-state index in [-0.39, 0.29) is 32.0 Å². The van der Waals surface area contributed by atoms with Crippen molar-refractivity contribution >= 4 is 57.7 Å². The smallest absolute Gasteiger partial charge is 0.260 e. The molecule has 4 amide bonds. The summed E-state index contributed by atoms with van der Waals surface area (Å²) in [7, 11) is 0. The number of fused-ring (bicyclic) bond motifs is 5. The van der Waals surface area contributed by atoms with Crippen LogP contribution < -0.4 is 15.1 Å². The fourth-order valence-corrected chi connectivity index (χ4v) is 10.1. The van der Waals surface area contributed by atoms with E-state index in [1.165, 1.54) is 29.2 Å². The molecule has 4 aliphatic rings. The highest BCUT2D eigenvalue weighted by Gasteiger charge is 2.70. The molecule has 1 aromatic heterocycles. The van der Waals surface area contributed by atoms with E-state index in [1.54, 1.807) is 60.7 Å². The first-order valence-electron chi connectivity index (χ1n) is 19.7. The molecule has 3 heterocycles. The van der Waals surface area contributed by atoms with Crippen molar-refractivity contribution in [3.8, 4) is 17.2 Å². The maximum Gasteiger partial charge on any atom is 0.260 e. The van der Waals surface area contributed by atoms with Gasteiger partial charge in [-0.25, -0.2) is 9.37 Å². The Labute approximate surface area is 348 Å². The molecule has 1 saturated carbocycles. The van der Waals surface area contributed by atoms with Gasteiger partial charge in [-0.1, -0.05) is 65.7 Å². The summed E-state index contributed by atoms with van der Waals surface area (Å²) >= 11 is 6.42. The van der Waals surface area contributed by atoms with Crippen molar-refractivity contribution in [1.82, 2.24) is 9.99 Å². The summed E-state index contributed by atoms with van der Waals surface area (Å²) in [5.41, 5.74) is 5.95. The van der Waals surface area contributed by atoms with E-state index in [4.69, 9.17) is 20.8 Å². The number of hydrogen-bond donors (Lipinski definition) is 2. The third-order valence-electron chi connectivity index (χ3n) is 12.5. The number of para-hydroxylation sites is 3. The van der Waals surface area contributed by atoms with Gasteiger partial charge in [0.15, 0.2) is 5.58 Å². The first kappa shape index (κ1) is 37.6. The van der Waals surface area contributed by atoms with Crippen molar-refractivity contribution in [2.45, 2.75) is 24.2 Å². The Hall–Kier alpha value is -6.63. The largest absolute Gasteiger partial charge is 0.491 e. The highest BCUT2D eigenvalue weighted by molar-refractivity contribution is 6.30. The molecule has 5 aromatic carbocycles. The fraction of sp³-hybridized carbons (Fsp3) is 0.213. The minimum Gasteiger partial charge on any atom is -0.491 e. The van der Waals surface area contributed by atoms with Crippen LogP contribution >= 0.6 is 11.6 Å². The van der Waals surface area contributed by atoms with Gasteiger partial charge in [-0.3, -0.25) is 29.5 Å². The molecule has 0 unspecified atom stereocenters. The zero-order valence-corrected chi connectivity index (χ0v) is 32.6. The van der Waals surface area contributed by atoms with Crippen LogP contribution in [0.1, 0.15) is 29.9 Å².